The number of carbonyl (C=O) groups excluding carboxylic acids is 1. The van der Waals surface area contributed by atoms with Gasteiger partial charge >= 0.3 is 6.03 Å². The predicted molar refractivity (Wildman–Crippen MR) is 95.4 cm³/mol. The topological polar surface area (TPSA) is 52.0 Å². The fourth-order valence-electron chi connectivity index (χ4n) is 3.16. The van der Waals surface area contributed by atoms with E-state index in [-0.39, 0.29) is 12.1 Å². The normalized spacial score (nSPS) is 20.7. The molecule has 2 aliphatic heterocycles. The Morgan fingerprint density at radius 3 is 2.62 bits per heavy atom. The smallest absolute Gasteiger partial charge is 0.341 e. The van der Waals surface area contributed by atoms with E-state index in [9.17, 15) is 4.79 Å². The maximum atomic E-state index is 12.9. The standard InChI is InChI=1S/C17H19N5OS/c23-17(21-11-9-20(10-12-21)16-18-8-13-24-16)22-15(6-7-19-22)14-4-2-1-3-5-14/h1-5,7-8,13,15H,6,9-12H2. The first kappa shape index (κ1) is 15.1. The largest absolute Gasteiger partial charge is 0.345 e. The molecule has 2 amide bonds. The third kappa shape index (κ3) is 2.87. The molecule has 0 N–H and O–H groups in total. The molecule has 0 saturated carbocycles. The van der Waals surface area contributed by atoms with E-state index in [0.717, 1.165) is 30.2 Å². The predicted octanol–water partition coefficient (Wildman–Crippen LogP) is 2.82. The third-order valence-electron chi connectivity index (χ3n) is 4.45. The zero-order valence-corrected chi connectivity index (χ0v) is 14.1. The Balaban J connectivity index is 1.42. The molecule has 0 spiro atoms. The monoisotopic (exact) mass is 341 g/mol. The molecule has 7 heteroatoms. The molecule has 0 aliphatic carbocycles. The minimum atomic E-state index is -0.00334. The molecule has 24 heavy (non-hydrogen) atoms. The van der Waals surface area contributed by atoms with Gasteiger partial charge in [0.2, 0.25) is 0 Å². The molecule has 1 fully saturated rings. The number of hydrazone groups is 1. The first-order valence-electron chi connectivity index (χ1n) is 8.13. The van der Waals surface area contributed by atoms with Crippen molar-refractivity contribution in [2.24, 2.45) is 5.10 Å². The Kier molecular flexibility index (Phi) is 4.17. The van der Waals surface area contributed by atoms with Crippen molar-refractivity contribution in [3.8, 4) is 0 Å². The molecular formula is C17H19N5OS. The van der Waals surface area contributed by atoms with Crippen molar-refractivity contribution in [3.05, 3.63) is 47.5 Å². The second-order valence-corrected chi connectivity index (χ2v) is 6.75. The number of thiazole rings is 1. The van der Waals surface area contributed by atoms with Crippen LogP contribution in [0.5, 0.6) is 0 Å². The SMILES string of the molecule is O=C(N1CCN(c2nccs2)CC1)N1N=CCC1c1ccccc1. The molecule has 2 aromatic rings. The van der Waals surface area contributed by atoms with E-state index in [1.807, 2.05) is 40.9 Å². The summed E-state index contributed by atoms with van der Waals surface area (Å²) in [5.41, 5.74) is 1.13. The summed E-state index contributed by atoms with van der Waals surface area (Å²) in [6, 6.07) is 10.1. The van der Waals surface area contributed by atoms with Crippen LogP contribution in [0.15, 0.2) is 47.0 Å². The van der Waals surface area contributed by atoms with Crippen LogP contribution in [-0.4, -0.2) is 53.3 Å². The number of aromatic nitrogens is 1. The van der Waals surface area contributed by atoms with Gasteiger partial charge < -0.3 is 9.80 Å². The van der Waals surface area contributed by atoms with Gasteiger partial charge in [-0.2, -0.15) is 5.10 Å². The molecule has 6 nitrogen and oxygen atoms in total. The molecule has 2 aliphatic rings. The molecule has 1 saturated heterocycles. The highest BCUT2D eigenvalue weighted by Crippen LogP contribution is 2.29. The molecule has 1 unspecified atom stereocenters. The van der Waals surface area contributed by atoms with E-state index in [1.165, 1.54) is 0 Å². The molecule has 1 atom stereocenters. The Bertz CT molecular complexity index is 710. The molecule has 0 radical (unpaired) electrons. The number of benzene rings is 1. The minimum Gasteiger partial charge on any atom is -0.345 e. The lowest BCUT2D eigenvalue weighted by Gasteiger charge is -2.36. The van der Waals surface area contributed by atoms with Crippen LogP contribution in [0.25, 0.3) is 0 Å². The lowest BCUT2D eigenvalue weighted by atomic mass is 10.1. The van der Waals surface area contributed by atoms with Gasteiger partial charge in [-0.25, -0.2) is 14.8 Å². The molecule has 124 valence electrons. The van der Waals surface area contributed by atoms with Gasteiger partial charge in [0.15, 0.2) is 5.13 Å². The number of nitrogens with zero attached hydrogens (tertiary/aromatic N) is 5. The van der Waals surface area contributed by atoms with Crippen LogP contribution in [0.3, 0.4) is 0 Å². The molecule has 4 rings (SSSR count). The molecular weight excluding hydrogens is 322 g/mol. The molecule has 1 aromatic carbocycles. The van der Waals surface area contributed by atoms with Gasteiger partial charge in [-0.05, 0) is 5.56 Å². The van der Waals surface area contributed by atoms with Crippen molar-refractivity contribution >= 4 is 28.7 Å². The van der Waals surface area contributed by atoms with Gasteiger partial charge in [0.1, 0.15) is 0 Å². The number of piperazine rings is 1. The molecule has 3 heterocycles. The Labute approximate surface area is 145 Å². The van der Waals surface area contributed by atoms with Crippen LogP contribution in [-0.2, 0) is 0 Å². The van der Waals surface area contributed by atoms with Gasteiger partial charge in [0.05, 0.1) is 6.04 Å². The van der Waals surface area contributed by atoms with Crippen molar-refractivity contribution in [2.75, 3.05) is 31.1 Å². The fraction of sp³-hybridized carbons (Fsp3) is 0.353. The lowest BCUT2D eigenvalue weighted by Crippen LogP contribution is -2.52. The van der Waals surface area contributed by atoms with Crippen molar-refractivity contribution < 1.29 is 4.79 Å². The summed E-state index contributed by atoms with van der Waals surface area (Å²) in [7, 11) is 0. The molecule has 1 aromatic heterocycles. The number of carbonyl (C=O) groups is 1. The van der Waals surface area contributed by atoms with Gasteiger partial charge in [-0.15, -0.1) is 11.3 Å². The first-order chi connectivity index (χ1) is 11.8. The zero-order chi connectivity index (χ0) is 16.4. The van der Waals surface area contributed by atoms with E-state index >= 15 is 0 Å². The number of hydrogen-bond acceptors (Lipinski definition) is 5. The van der Waals surface area contributed by atoms with E-state index in [4.69, 9.17) is 0 Å². The quantitative estimate of drug-likeness (QED) is 0.844. The second kappa shape index (κ2) is 6.60. The average Bonchev–Trinajstić information content (AvgIpc) is 3.34. The number of urea groups is 1. The number of hydrogen-bond donors (Lipinski definition) is 0. The minimum absolute atomic E-state index is 0.00334. The van der Waals surface area contributed by atoms with Crippen molar-refractivity contribution in [1.82, 2.24) is 14.9 Å². The van der Waals surface area contributed by atoms with Crippen LogP contribution in [0.2, 0.25) is 0 Å². The Morgan fingerprint density at radius 2 is 1.92 bits per heavy atom. The van der Waals surface area contributed by atoms with Crippen molar-refractivity contribution in [3.63, 3.8) is 0 Å². The van der Waals surface area contributed by atoms with Crippen molar-refractivity contribution in [1.29, 1.82) is 0 Å². The summed E-state index contributed by atoms with van der Waals surface area (Å²) in [6.45, 7) is 3.03. The van der Waals surface area contributed by atoms with Gasteiger partial charge in [0, 0.05) is 50.4 Å². The van der Waals surface area contributed by atoms with E-state index in [1.54, 1.807) is 16.3 Å². The van der Waals surface area contributed by atoms with Gasteiger partial charge in [-0.1, -0.05) is 30.3 Å². The first-order valence-corrected chi connectivity index (χ1v) is 9.01. The van der Waals surface area contributed by atoms with Crippen LogP contribution in [0.1, 0.15) is 18.0 Å². The summed E-state index contributed by atoms with van der Waals surface area (Å²) >= 11 is 1.64. The fourth-order valence-corrected chi connectivity index (χ4v) is 3.85. The van der Waals surface area contributed by atoms with Crippen molar-refractivity contribution in [2.45, 2.75) is 12.5 Å². The highest BCUT2D eigenvalue weighted by atomic mass is 32.1. The maximum absolute atomic E-state index is 12.9. The lowest BCUT2D eigenvalue weighted by molar-refractivity contribution is 0.139. The second-order valence-electron chi connectivity index (χ2n) is 5.88. The number of amides is 2. The average molecular weight is 341 g/mol. The maximum Gasteiger partial charge on any atom is 0.341 e. The van der Waals surface area contributed by atoms with Crippen LogP contribution < -0.4 is 4.90 Å². The van der Waals surface area contributed by atoms with E-state index in [2.05, 4.69) is 27.1 Å². The highest BCUT2D eigenvalue weighted by molar-refractivity contribution is 7.13. The molecule has 0 bridgehead atoms. The van der Waals surface area contributed by atoms with Crippen LogP contribution in [0.4, 0.5) is 9.93 Å². The summed E-state index contributed by atoms with van der Waals surface area (Å²) in [5, 5.41) is 8.98. The van der Waals surface area contributed by atoms with E-state index < -0.39 is 0 Å². The highest BCUT2D eigenvalue weighted by Gasteiger charge is 2.33. The zero-order valence-electron chi connectivity index (χ0n) is 13.3. The van der Waals surface area contributed by atoms with E-state index in [0.29, 0.717) is 13.1 Å². The summed E-state index contributed by atoms with van der Waals surface area (Å²) in [4.78, 5) is 21.4. The summed E-state index contributed by atoms with van der Waals surface area (Å²) in [5.74, 6) is 0. The summed E-state index contributed by atoms with van der Waals surface area (Å²) < 4.78 is 0. The third-order valence-corrected chi connectivity index (χ3v) is 5.28. The number of anilines is 1. The Morgan fingerprint density at radius 1 is 1.12 bits per heavy atom. The number of rotatable bonds is 2. The van der Waals surface area contributed by atoms with Gasteiger partial charge in [0.25, 0.3) is 0 Å². The summed E-state index contributed by atoms with van der Waals surface area (Å²) in [6.07, 6.45) is 4.43. The Hall–Kier alpha value is -2.41. The van der Waals surface area contributed by atoms with Gasteiger partial charge in [-0.3, -0.25) is 0 Å². The van der Waals surface area contributed by atoms with Crippen LogP contribution >= 0.6 is 11.3 Å². The van der Waals surface area contributed by atoms with Crippen LogP contribution in [0, 0.1) is 0 Å².